The van der Waals surface area contributed by atoms with Gasteiger partial charge in [-0.25, -0.2) is 0 Å². The Morgan fingerprint density at radius 1 is 1.36 bits per heavy atom. The SMILES string of the molecule is [2H]C(=O)CCCc1ccccc1. The third-order valence-corrected chi connectivity index (χ3v) is 1.59. The highest BCUT2D eigenvalue weighted by Crippen LogP contribution is 2.02. The summed E-state index contributed by atoms with van der Waals surface area (Å²) in [5.74, 6) is 0. The van der Waals surface area contributed by atoms with Crippen LogP contribution in [0.4, 0.5) is 0 Å². The van der Waals surface area contributed by atoms with Crippen molar-refractivity contribution in [3.8, 4) is 0 Å². The van der Waals surface area contributed by atoms with Crippen LogP contribution in [0.25, 0.3) is 0 Å². The summed E-state index contributed by atoms with van der Waals surface area (Å²) < 4.78 is 6.70. The molecule has 1 aromatic rings. The summed E-state index contributed by atoms with van der Waals surface area (Å²) in [6, 6.07) is 10.0. The maximum absolute atomic E-state index is 10.3. The average Bonchev–Trinajstić information content (AvgIpc) is 2.05. The molecule has 0 spiro atoms. The van der Waals surface area contributed by atoms with Gasteiger partial charge in [0.2, 0.25) is 0 Å². The van der Waals surface area contributed by atoms with Gasteiger partial charge in [-0.15, -0.1) is 0 Å². The Morgan fingerprint density at radius 3 is 2.73 bits per heavy atom. The minimum absolute atomic E-state index is 0.370. The van der Waals surface area contributed by atoms with Crippen LogP contribution < -0.4 is 0 Å². The fourth-order valence-corrected chi connectivity index (χ4v) is 1.01. The molecule has 0 aliphatic heterocycles. The van der Waals surface area contributed by atoms with Gasteiger partial charge in [0.1, 0.15) is 7.63 Å². The molecule has 0 unspecified atom stereocenters. The first-order valence-corrected chi connectivity index (χ1v) is 3.82. The molecule has 0 fully saturated rings. The van der Waals surface area contributed by atoms with Gasteiger partial charge in [0, 0.05) is 6.42 Å². The molecule has 0 amide bonds. The van der Waals surface area contributed by atoms with E-state index in [1.54, 1.807) is 0 Å². The Morgan fingerprint density at radius 2 is 2.09 bits per heavy atom. The lowest BCUT2D eigenvalue weighted by Crippen LogP contribution is -1.84. The first-order chi connectivity index (χ1) is 5.79. The Kier molecular flexibility index (Phi) is 2.80. The summed E-state index contributed by atoms with van der Waals surface area (Å²) >= 11 is 0. The summed E-state index contributed by atoms with van der Waals surface area (Å²) in [7, 11) is 0. The zero-order chi connectivity index (χ0) is 8.81. The average molecular weight is 149 g/mol. The van der Waals surface area contributed by atoms with Crippen LogP contribution in [0.1, 0.15) is 19.8 Å². The zero-order valence-corrected chi connectivity index (χ0v) is 6.42. The van der Waals surface area contributed by atoms with Crippen molar-refractivity contribution in [1.82, 2.24) is 0 Å². The molecule has 0 radical (unpaired) electrons. The van der Waals surface area contributed by atoms with Crippen molar-refractivity contribution in [2.24, 2.45) is 0 Å². The topological polar surface area (TPSA) is 17.1 Å². The second-order valence-corrected chi connectivity index (χ2v) is 2.48. The second-order valence-electron chi connectivity index (χ2n) is 2.48. The largest absolute Gasteiger partial charge is 0.303 e. The fourth-order valence-electron chi connectivity index (χ4n) is 1.01. The van der Waals surface area contributed by atoms with Crippen LogP contribution in [0.2, 0.25) is 0 Å². The van der Waals surface area contributed by atoms with Crippen molar-refractivity contribution in [2.75, 3.05) is 0 Å². The maximum atomic E-state index is 10.3. The predicted octanol–water partition coefficient (Wildman–Crippen LogP) is 2.21. The van der Waals surface area contributed by atoms with E-state index in [9.17, 15) is 4.79 Å². The molecule has 58 valence electrons. The van der Waals surface area contributed by atoms with E-state index in [1.165, 1.54) is 5.56 Å². The van der Waals surface area contributed by atoms with Crippen LogP contribution in [-0.2, 0) is 11.2 Å². The minimum atomic E-state index is -0.467. The quantitative estimate of drug-likeness (QED) is 0.600. The number of benzene rings is 1. The van der Waals surface area contributed by atoms with E-state index < -0.39 is 6.26 Å². The van der Waals surface area contributed by atoms with Crippen molar-refractivity contribution in [3.63, 3.8) is 0 Å². The van der Waals surface area contributed by atoms with Crippen molar-refractivity contribution < 1.29 is 6.17 Å². The molecular formula is C10H12O. The maximum Gasteiger partial charge on any atom is 0.120 e. The van der Waals surface area contributed by atoms with Gasteiger partial charge in [0.25, 0.3) is 0 Å². The van der Waals surface area contributed by atoms with Gasteiger partial charge in [0.05, 0.1) is 0 Å². The Labute approximate surface area is 68.5 Å². The van der Waals surface area contributed by atoms with E-state index in [0.29, 0.717) is 6.42 Å². The Hall–Kier alpha value is -1.11. The smallest absolute Gasteiger partial charge is 0.120 e. The Bertz CT molecular complexity index is 243. The van der Waals surface area contributed by atoms with Crippen LogP contribution in [0, 0.1) is 0 Å². The van der Waals surface area contributed by atoms with Crippen LogP contribution in [0.5, 0.6) is 0 Å². The highest BCUT2D eigenvalue weighted by atomic mass is 16.1. The van der Waals surface area contributed by atoms with E-state index in [2.05, 4.69) is 0 Å². The summed E-state index contributed by atoms with van der Waals surface area (Å²) in [4.78, 5) is 10.3. The third-order valence-electron chi connectivity index (χ3n) is 1.59. The van der Waals surface area contributed by atoms with E-state index >= 15 is 0 Å². The van der Waals surface area contributed by atoms with Crippen LogP contribution in [-0.4, -0.2) is 6.26 Å². The molecule has 0 saturated carbocycles. The molecule has 0 aliphatic rings. The molecule has 0 aromatic heterocycles. The predicted molar refractivity (Wildman–Crippen MR) is 45.4 cm³/mol. The fraction of sp³-hybridized carbons (Fsp3) is 0.300. The normalized spacial score (nSPS) is 10.7. The van der Waals surface area contributed by atoms with Crippen molar-refractivity contribution in [1.29, 1.82) is 0 Å². The first-order valence-electron chi connectivity index (χ1n) is 4.32. The van der Waals surface area contributed by atoms with Gasteiger partial charge in [-0.3, -0.25) is 0 Å². The Balaban J connectivity index is 2.29. The zero-order valence-electron chi connectivity index (χ0n) is 7.42. The van der Waals surface area contributed by atoms with Crippen LogP contribution >= 0.6 is 0 Å². The van der Waals surface area contributed by atoms with Crippen LogP contribution in [0.15, 0.2) is 30.3 Å². The summed E-state index contributed by atoms with van der Waals surface area (Å²) in [6.45, 7) is 0. The van der Waals surface area contributed by atoms with Gasteiger partial charge in [-0.05, 0) is 18.4 Å². The van der Waals surface area contributed by atoms with E-state index in [4.69, 9.17) is 1.37 Å². The standard InChI is InChI=1S/C10H12O/c11-9-5-4-8-10-6-2-1-3-7-10/h1-3,6-7,9H,4-5,8H2/i9D. The summed E-state index contributed by atoms with van der Waals surface area (Å²) in [5, 5.41) is 0. The van der Waals surface area contributed by atoms with Gasteiger partial charge in [-0.2, -0.15) is 0 Å². The van der Waals surface area contributed by atoms with Gasteiger partial charge >= 0.3 is 0 Å². The highest BCUT2D eigenvalue weighted by molar-refractivity contribution is 5.49. The number of hydrogen-bond acceptors (Lipinski definition) is 1. The summed E-state index contributed by atoms with van der Waals surface area (Å²) in [5.41, 5.74) is 1.23. The van der Waals surface area contributed by atoms with Crippen molar-refractivity contribution in [2.45, 2.75) is 19.3 Å². The van der Waals surface area contributed by atoms with Crippen molar-refractivity contribution in [3.05, 3.63) is 35.9 Å². The lowest BCUT2D eigenvalue weighted by atomic mass is 10.1. The second kappa shape index (κ2) is 4.67. The number of aryl methyl sites for hydroxylation is 1. The molecule has 11 heavy (non-hydrogen) atoms. The molecule has 0 saturated heterocycles. The molecule has 1 heteroatoms. The number of carbonyl (C=O) groups excluding carboxylic acids is 1. The molecule has 1 nitrogen and oxygen atoms in total. The lowest BCUT2D eigenvalue weighted by Gasteiger charge is -1.96. The van der Waals surface area contributed by atoms with E-state index in [-0.39, 0.29) is 0 Å². The molecule has 0 aliphatic carbocycles. The van der Waals surface area contributed by atoms with Crippen LogP contribution in [0.3, 0.4) is 0 Å². The summed E-state index contributed by atoms with van der Waals surface area (Å²) in [6.07, 6.45) is 1.58. The highest BCUT2D eigenvalue weighted by Gasteiger charge is 1.89. The molecular weight excluding hydrogens is 136 g/mol. The van der Waals surface area contributed by atoms with Gasteiger partial charge in [-0.1, -0.05) is 30.3 Å². The minimum Gasteiger partial charge on any atom is -0.303 e. The van der Waals surface area contributed by atoms with E-state index in [0.717, 1.165) is 12.8 Å². The molecule has 1 aromatic carbocycles. The van der Waals surface area contributed by atoms with Crippen molar-refractivity contribution >= 4 is 6.26 Å². The number of rotatable bonds is 4. The van der Waals surface area contributed by atoms with E-state index in [1.807, 2.05) is 30.3 Å². The lowest BCUT2D eigenvalue weighted by molar-refractivity contribution is -0.107. The monoisotopic (exact) mass is 149 g/mol. The third kappa shape index (κ3) is 2.99. The molecule has 0 bridgehead atoms. The van der Waals surface area contributed by atoms with Gasteiger partial charge in [0.15, 0.2) is 0 Å². The van der Waals surface area contributed by atoms with Gasteiger partial charge < -0.3 is 4.79 Å². The molecule has 1 rings (SSSR count). The molecule has 0 atom stereocenters. The number of hydrogen-bond donors (Lipinski definition) is 0. The molecule has 0 N–H and O–H groups in total. The number of aldehydes is 1. The first kappa shape index (κ1) is 6.59. The molecule has 0 heterocycles. The number of carbonyl (C=O) groups is 1.